The Hall–Kier alpha value is -3.14. The molecule has 0 bridgehead atoms. The lowest BCUT2D eigenvalue weighted by atomic mass is 10.2. The predicted octanol–water partition coefficient (Wildman–Crippen LogP) is 1.32. The molecular formula is C13H11N3O6S. The third-order valence-corrected chi connectivity index (χ3v) is 3.98. The molecule has 0 saturated carbocycles. The number of hydrazone groups is 1. The van der Waals surface area contributed by atoms with Gasteiger partial charge in [-0.1, -0.05) is 12.1 Å². The van der Waals surface area contributed by atoms with E-state index >= 15 is 0 Å². The van der Waals surface area contributed by atoms with Crippen molar-refractivity contribution in [3.05, 3.63) is 58.1 Å². The molecule has 2 aromatic carbocycles. The maximum absolute atomic E-state index is 12.0. The van der Waals surface area contributed by atoms with Gasteiger partial charge in [0.1, 0.15) is 0 Å². The summed E-state index contributed by atoms with van der Waals surface area (Å²) in [4.78, 5) is 11.5. The molecule has 0 spiro atoms. The van der Waals surface area contributed by atoms with Crippen molar-refractivity contribution in [2.45, 2.75) is 4.90 Å². The average molecular weight is 337 g/mol. The highest BCUT2D eigenvalue weighted by molar-refractivity contribution is 7.89. The van der Waals surface area contributed by atoms with Crippen molar-refractivity contribution < 1.29 is 23.6 Å². The summed E-state index contributed by atoms with van der Waals surface area (Å²) in [5.74, 6) is -0.832. The van der Waals surface area contributed by atoms with Crippen LogP contribution in [0.3, 0.4) is 0 Å². The molecule has 0 aliphatic carbocycles. The van der Waals surface area contributed by atoms with E-state index in [1.807, 2.05) is 4.83 Å². The van der Waals surface area contributed by atoms with Gasteiger partial charge in [-0.25, -0.2) is 4.83 Å². The summed E-state index contributed by atoms with van der Waals surface area (Å²) in [5.41, 5.74) is -0.283. The number of nitro benzene ring substituents is 1. The summed E-state index contributed by atoms with van der Waals surface area (Å²) in [6, 6.07) is 8.55. The number of phenols is 2. The van der Waals surface area contributed by atoms with Crippen LogP contribution in [0.2, 0.25) is 0 Å². The topological polar surface area (TPSA) is 142 Å². The first-order valence-electron chi connectivity index (χ1n) is 6.11. The van der Waals surface area contributed by atoms with Gasteiger partial charge in [-0.05, 0) is 18.2 Å². The number of para-hydroxylation sites is 1. The van der Waals surface area contributed by atoms with E-state index in [-0.39, 0.29) is 21.9 Å². The quantitative estimate of drug-likeness (QED) is 0.325. The third kappa shape index (κ3) is 3.74. The Labute approximate surface area is 130 Å². The molecule has 120 valence electrons. The molecule has 2 aromatic rings. The van der Waals surface area contributed by atoms with Crippen LogP contribution in [0.25, 0.3) is 0 Å². The van der Waals surface area contributed by atoms with Gasteiger partial charge in [0.25, 0.3) is 15.7 Å². The highest BCUT2D eigenvalue weighted by Gasteiger charge is 2.16. The van der Waals surface area contributed by atoms with Crippen LogP contribution in [-0.4, -0.2) is 29.8 Å². The van der Waals surface area contributed by atoms with Gasteiger partial charge in [-0.15, -0.1) is 0 Å². The lowest BCUT2D eigenvalue weighted by molar-refractivity contribution is -0.385. The molecule has 9 nitrogen and oxygen atoms in total. The first-order chi connectivity index (χ1) is 10.8. The van der Waals surface area contributed by atoms with Crippen LogP contribution in [0.1, 0.15) is 5.56 Å². The minimum atomic E-state index is -4.11. The maximum Gasteiger partial charge on any atom is 0.276 e. The second-order valence-corrected chi connectivity index (χ2v) is 5.98. The van der Waals surface area contributed by atoms with Gasteiger partial charge in [0, 0.05) is 17.7 Å². The Morgan fingerprint density at radius 2 is 1.87 bits per heavy atom. The molecular weight excluding hydrogens is 326 g/mol. The zero-order valence-electron chi connectivity index (χ0n) is 11.4. The fraction of sp³-hybridized carbons (Fsp3) is 0. The molecule has 0 aromatic heterocycles. The minimum Gasteiger partial charge on any atom is -0.504 e. The number of hydrogen-bond donors (Lipinski definition) is 3. The fourth-order valence-corrected chi connectivity index (χ4v) is 2.47. The Kier molecular flexibility index (Phi) is 4.46. The fourth-order valence-electron chi connectivity index (χ4n) is 1.64. The molecule has 10 heteroatoms. The standard InChI is InChI=1S/C13H11N3O6S/c17-12-6-1-3-9(13(12)18)8-14-15-23(21,22)11-5-2-4-10(7-11)16(19)20/h1-8,15,17-18H/b14-8+. The smallest absolute Gasteiger partial charge is 0.276 e. The summed E-state index contributed by atoms with van der Waals surface area (Å²) in [6.45, 7) is 0. The normalized spacial score (nSPS) is 11.5. The van der Waals surface area contributed by atoms with Gasteiger partial charge < -0.3 is 10.2 Å². The Bertz CT molecular complexity index is 879. The Morgan fingerprint density at radius 1 is 1.17 bits per heavy atom. The van der Waals surface area contributed by atoms with Gasteiger partial charge in [0.2, 0.25) is 0 Å². The first-order valence-corrected chi connectivity index (χ1v) is 7.60. The number of phenolic OH excluding ortho intramolecular Hbond substituents is 2. The van der Waals surface area contributed by atoms with Crippen LogP contribution in [0, 0.1) is 10.1 Å². The molecule has 0 amide bonds. The van der Waals surface area contributed by atoms with Crippen molar-refractivity contribution in [1.29, 1.82) is 0 Å². The van der Waals surface area contributed by atoms with E-state index in [0.717, 1.165) is 18.3 Å². The third-order valence-electron chi connectivity index (χ3n) is 2.76. The lowest BCUT2D eigenvalue weighted by Gasteiger charge is -2.04. The SMILES string of the molecule is O=[N+]([O-])c1cccc(S(=O)(=O)N/N=C/c2cccc(O)c2O)c1. The van der Waals surface area contributed by atoms with Crippen molar-refractivity contribution in [3.63, 3.8) is 0 Å². The van der Waals surface area contributed by atoms with Crippen LogP contribution >= 0.6 is 0 Å². The second-order valence-electron chi connectivity index (χ2n) is 4.32. The monoisotopic (exact) mass is 337 g/mol. The van der Waals surface area contributed by atoms with Gasteiger partial charge in [-0.2, -0.15) is 13.5 Å². The molecule has 0 saturated heterocycles. The summed E-state index contributed by atoms with van der Waals surface area (Å²) >= 11 is 0. The number of nitro groups is 1. The van der Waals surface area contributed by atoms with Crippen molar-refractivity contribution in [2.24, 2.45) is 5.10 Å². The van der Waals surface area contributed by atoms with Crippen molar-refractivity contribution >= 4 is 21.9 Å². The van der Waals surface area contributed by atoms with E-state index < -0.39 is 20.7 Å². The average Bonchev–Trinajstić information content (AvgIpc) is 2.51. The van der Waals surface area contributed by atoms with Crippen LogP contribution in [0.5, 0.6) is 11.5 Å². The van der Waals surface area contributed by atoms with Crippen molar-refractivity contribution in [3.8, 4) is 11.5 Å². The number of hydrogen-bond acceptors (Lipinski definition) is 7. The number of nitrogens with zero attached hydrogens (tertiary/aromatic N) is 2. The van der Waals surface area contributed by atoms with E-state index in [9.17, 15) is 28.7 Å². The maximum atomic E-state index is 12.0. The lowest BCUT2D eigenvalue weighted by Crippen LogP contribution is -2.18. The number of non-ortho nitro benzene ring substituents is 1. The molecule has 0 heterocycles. The van der Waals surface area contributed by atoms with E-state index in [0.29, 0.717) is 0 Å². The number of sulfonamides is 1. The second kappa shape index (κ2) is 6.32. The number of benzene rings is 2. The van der Waals surface area contributed by atoms with E-state index in [1.165, 1.54) is 30.3 Å². The highest BCUT2D eigenvalue weighted by atomic mass is 32.2. The molecule has 0 aliphatic rings. The largest absolute Gasteiger partial charge is 0.504 e. The van der Waals surface area contributed by atoms with Crippen molar-refractivity contribution in [2.75, 3.05) is 0 Å². The number of nitrogens with one attached hydrogen (secondary N) is 1. The summed E-state index contributed by atoms with van der Waals surface area (Å²) in [6.07, 6.45) is 0.990. The minimum absolute atomic E-state index is 0.0896. The molecule has 2 rings (SSSR count). The van der Waals surface area contributed by atoms with Gasteiger partial charge in [0.05, 0.1) is 16.0 Å². The van der Waals surface area contributed by atoms with Crippen LogP contribution < -0.4 is 4.83 Å². The predicted molar refractivity (Wildman–Crippen MR) is 80.8 cm³/mol. The Morgan fingerprint density at radius 3 is 2.57 bits per heavy atom. The zero-order valence-corrected chi connectivity index (χ0v) is 12.3. The van der Waals surface area contributed by atoms with Crippen LogP contribution in [-0.2, 0) is 10.0 Å². The van der Waals surface area contributed by atoms with Gasteiger partial charge in [-0.3, -0.25) is 10.1 Å². The highest BCUT2D eigenvalue weighted by Crippen LogP contribution is 2.26. The molecule has 3 N–H and O–H groups in total. The Balaban J connectivity index is 2.22. The summed E-state index contributed by atoms with van der Waals surface area (Å²) < 4.78 is 24.0. The molecule has 23 heavy (non-hydrogen) atoms. The molecule has 0 atom stereocenters. The number of rotatable bonds is 5. The van der Waals surface area contributed by atoms with Gasteiger partial charge >= 0.3 is 0 Å². The molecule has 0 fully saturated rings. The molecule has 0 radical (unpaired) electrons. The van der Waals surface area contributed by atoms with Crippen LogP contribution in [0.15, 0.2) is 52.5 Å². The molecule has 0 unspecified atom stereocenters. The number of aromatic hydroxyl groups is 2. The summed E-state index contributed by atoms with van der Waals surface area (Å²) in [7, 11) is -4.11. The van der Waals surface area contributed by atoms with E-state index in [1.54, 1.807) is 0 Å². The van der Waals surface area contributed by atoms with E-state index in [4.69, 9.17) is 0 Å². The zero-order chi connectivity index (χ0) is 17.0. The molecule has 0 aliphatic heterocycles. The van der Waals surface area contributed by atoms with Crippen molar-refractivity contribution in [1.82, 2.24) is 4.83 Å². The summed E-state index contributed by atoms with van der Waals surface area (Å²) in [5, 5.41) is 33.0. The van der Waals surface area contributed by atoms with E-state index in [2.05, 4.69) is 5.10 Å². The van der Waals surface area contributed by atoms with Crippen LogP contribution in [0.4, 0.5) is 5.69 Å². The first kappa shape index (κ1) is 16.2. The van der Waals surface area contributed by atoms with Gasteiger partial charge in [0.15, 0.2) is 11.5 Å².